The van der Waals surface area contributed by atoms with E-state index in [1.165, 1.54) is 0 Å². The fraction of sp³-hybridized carbons (Fsp3) is 0.556. The van der Waals surface area contributed by atoms with E-state index in [-0.39, 0.29) is 12.2 Å². The molecule has 0 atom stereocenters. The van der Waals surface area contributed by atoms with Crippen LogP contribution in [0.1, 0.15) is 19.8 Å². The van der Waals surface area contributed by atoms with Crippen LogP contribution in [0, 0.1) is 0 Å². The van der Waals surface area contributed by atoms with Crippen LogP contribution in [0.15, 0.2) is 12.2 Å². The second-order valence-corrected chi connectivity index (χ2v) is 2.50. The zero-order valence-corrected chi connectivity index (χ0v) is 7.66. The monoisotopic (exact) mass is 186 g/mol. The Labute approximate surface area is 77.2 Å². The molecule has 0 rings (SSSR count). The maximum Gasteiger partial charge on any atom is 0.328 e. The Hall–Kier alpha value is -1.16. The molecule has 74 valence electrons. The predicted octanol–water partition coefficient (Wildman–Crippen LogP) is 1.01. The molecule has 0 spiro atoms. The van der Waals surface area contributed by atoms with Crippen molar-refractivity contribution in [3.63, 3.8) is 0 Å². The van der Waals surface area contributed by atoms with Gasteiger partial charge in [0.1, 0.15) is 0 Å². The number of hydrogen-bond donors (Lipinski definition) is 1. The molecule has 0 amide bonds. The van der Waals surface area contributed by atoms with Gasteiger partial charge < -0.3 is 9.84 Å². The Morgan fingerprint density at radius 1 is 1.31 bits per heavy atom. The van der Waals surface area contributed by atoms with Crippen molar-refractivity contribution in [3.8, 4) is 0 Å². The molecule has 0 aliphatic carbocycles. The number of carboxylic acid groups (broad SMARTS) is 1. The van der Waals surface area contributed by atoms with Crippen LogP contribution in [0.2, 0.25) is 0 Å². The van der Waals surface area contributed by atoms with E-state index in [0.717, 1.165) is 18.6 Å². The number of carbonyl (C=O) groups is 2. The first-order valence-corrected chi connectivity index (χ1v) is 4.18. The molecule has 13 heavy (non-hydrogen) atoms. The Kier molecular flexibility index (Phi) is 6.82. The topological polar surface area (TPSA) is 63.6 Å². The Bertz CT molecular complexity index is 196. The van der Waals surface area contributed by atoms with Crippen LogP contribution in [-0.2, 0) is 14.3 Å². The molecule has 4 heteroatoms. The lowest BCUT2D eigenvalue weighted by atomic mass is 10.3. The van der Waals surface area contributed by atoms with Crippen LogP contribution in [0.25, 0.3) is 0 Å². The summed E-state index contributed by atoms with van der Waals surface area (Å²) in [5, 5.41) is 8.20. The smallest absolute Gasteiger partial charge is 0.328 e. The SMILES string of the molecule is CCCOCCC(=O)/C=C\C(=O)O. The molecule has 0 saturated heterocycles. The lowest BCUT2D eigenvalue weighted by Crippen LogP contribution is -2.02. The molecule has 0 bridgehead atoms. The minimum absolute atomic E-state index is 0.224. The van der Waals surface area contributed by atoms with Crippen LogP contribution >= 0.6 is 0 Å². The molecule has 0 fully saturated rings. The van der Waals surface area contributed by atoms with Crippen molar-refractivity contribution in [3.05, 3.63) is 12.2 Å². The van der Waals surface area contributed by atoms with Gasteiger partial charge in [0.05, 0.1) is 6.61 Å². The standard InChI is InChI=1S/C9H14O4/c1-2-6-13-7-5-8(10)3-4-9(11)12/h3-4H,2,5-7H2,1H3,(H,11,12)/b4-3-. The Balaban J connectivity index is 3.46. The van der Waals surface area contributed by atoms with E-state index in [1.807, 2.05) is 6.92 Å². The van der Waals surface area contributed by atoms with Gasteiger partial charge in [0, 0.05) is 19.1 Å². The maximum atomic E-state index is 10.9. The summed E-state index contributed by atoms with van der Waals surface area (Å²) in [4.78, 5) is 20.9. The molecule has 0 aromatic rings. The Morgan fingerprint density at radius 2 is 2.00 bits per heavy atom. The van der Waals surface area contributed by atoms with Crippen molar-refractivity contribution in [2.45, 2.75) is 19.8 Å². The van der Waals surface area contributed by atoms with Gasteiger partial charge in [0.2, 0.25) is 0 Å². The van der Waals surface area contributed by atoms with Crippen LogP contribution in [0.5, 0.6) is 0 Å². The summed E-state index contributed by atoms with van der Waals surface area (Å²) in [5.74, 6) is -1.33. The number of allylic oxidation sites excluding steroid dienone is 1. The fourth-order valence-electron chi connectivity index (χ4n) is 0.667. The summed E-state index contributed by atoms with van der Waals surface area (Å²) in [6.45, 7) is 2.97. The van der Waals surface area contributed by atoms with E-state index < -0.39 is 5.97 Å². The van der Waals surface area contributed by atoms with Crippen molar-refractivity contribution < 1.29 is 19.4 Å². The van der Waals surface area contributed by atoms with Gasteiger partial charge in [-0.25, -0.2) is 4.79 Å². The molecule has 0 aliphatic heterocycles. The second kappa shape index (κ2) is 7.49. The number of rotatable bonds is 7. The van der Waals surface area contributed by atoms with E-state index in [9.17, 15) is 9.59 Å². The van der Waals surface area contributed by atoms with Crippen LogP contribution in [0.3, 0.4) is 0 Å². The van der Waals surface area contributed by atoms with Crippen molar-refractivity contribution in [2.24, 2.45) is 0 Å². The van der Waals surface area contributed by atoms with Crippen molar-refractivity contribution in [1.29, 1.82) is 0 Å². The average Bonchev–Trinajstić information content (AvgIpc) is 2.09. The number of carboxylic acids is 1. The minimum atomic E-state index is -1.11. The normalized spacial score (nSPS) is 10.5. The van der Waals surface area contributed by atoms with Crippen molar-refractivity contribution >= 4 is 11.8 Å². The van der Waals surface area contributed by atoms with Gasteiger partial charge in [0.15, 0.2) is 5.78 Å². The molecule has 0 aromatic heterocycles. The zero-order valence-electron chi connectivity index (χ0n) is 7.66. The van der Waals surface area contributed by atoms with Crippen LogP contribution in [-0.4, -0.2) is 30.1 Å². The number of ketones is 1. The van der Waals surface area contributed by atoms with E-state index in [0.29, 0.717) is 13.2 Å². The number of ether oxygens (including phenoxy) is 1. The lowest BCUT2D eigenvalue weighted by Gasteiger charge is -1.98. The van der Waals surface area contributed by atoms with E-state index >= 15 is 0 Å². The summed E-state index contributed by atoms with van der Waals surface area (Å²) in [6, 6.07) is 0. The third-order valence-corrected chi connectivity index (χ3v) is 1.25. The molecule has 0 aromatic carbocycles. The summed E-state index contributed by atoms with van der Waals surface area (Å²) in [6.07, 6.45) is 3.04. The predicted molar refractivity (Wildman–Crippen MR) is 47.5 cm³/mol. The molecule has 0 unspecified atom stereocenters. The van der Waals surface area contributed by atoms with E-state index in [2.05, 4.69) is 0 Å². The van der Waals surface area contributed by atoms with Gasteiger partial charge in [-0.3, -0.25) is 4.79 Å². The van der Waals surface area contributed by atoms with Gasteiger partial charge in [-0.05, 0) is 12.5 Å². The first-order valence-electron chi connectivity index (χ1n) is 4.18. The third kappa shape index (κ3) is 8.75. The van der Waals surface area contributed by atoms with Gasteiger partial charge in [0.25, 0.3) is 0 Å². The molecule has 0 aliphatic rings. The largest absolute Gasteiger partial charge is 0.478 e. The van der Waals surface area contributed by atoms with Gasteiger partial charge in [-0.15, -0.1) is 0 Å². The third-order valence-electron chi connectivity index (χ3n) is 1.25. The highest BCUT2D eigenvalue weighted by atomic mass is 16.5. The van der Waals surface area contributed by atoms with Gasteiger partial charge in [-0.2, -0.15) is 0 Å². The molecule has 4 nitrogen and oxygen atoms in total. The first kappa shape index (κ1) is 11.8. The highest BCUT2D eigenvalue weighted by Crippen LogP contribution is 1.89. The van der Waals surface area contributed by atoms with Gasteiger partial charge >= 0.3 is 5.97 Å². The van der Waals surface area contributed by atoms with Crippen molar-refractivity contribution in [1.82, 2.24) is 0 Å². The molecular formula is C9H14O4. The summed E-state index contributed by atoms with van der Waals surface area (Å²) in [7, 11) is 0. The molecule has 0 saturated carbocycles. The highest BCUT2D eigenvalue weighted by molar-refractivity contribution is 5.95. The second-order valence-electron chi connectivity index (χ2n) is 2.50. The maximum absolute atomic E-state index is 10.9. The van der Waals surface area contributed by atoms with Crippen LogP contribution in [0.4, 0.5) is 0 Å². The summed E-state index contributed by atoms with van der Waals surface area (Å²) in [5.41, 5.74) is 0. The zero-order chi connectivity index (χ0) is 10.1. The minimum Gasteiger partial charge on any atom is -0.478 e. The summed E-state index contributed by atoms with van der Waals surface area (Å²) < 4.78 is 5.06. The van der Waals surface area contributed by atoms with E-state index in [1.54, 1.807) is 0 Å². The Morgan fingerprint density at radius 3 is 2.54 bits per heavy atom. The quantitative estimate of drug-likeness (QED) is 0.476. The molecule has 0 radical (unpaired) electrons. The van der Waals surface area contributed by atoms with Crippen LogP contribution < -0.4 is 0 Å². The molecule has 0 heterocycles. The first-order chi connectivity index (χ1) is 6.16. The summed E-state index contributed by atoms with van der Waals surface area (Å²) >= 11 is 0. The highest BCUT2D eigenvalue weighted by Gasteiger charge is 1.97. The fourth-order valence-corrected chi connectivity index (χ4v) is 0.667. The lowest BCUT2D eigenvalue weighted by molar-refractivity contribution is -0.131. The average molecular weight is 186 g/mol. The number of hydrogen-bond acceptors (Lipinski definition) is 3. The number of carbonyl (C=O) groups excluding carboxylic acids is 1. The molecular weight excluding hydrogens is 172 g/mol. The van der Waals surface area contributed by atoms with E-state index in [4.69, 9.17) is 9.84 Å². The molecule has 1 N–H and O–H groups in total. The van der Waals surface area contributed by atoms with Crippen molar-refractivity contribution in [2.75, 3.05) is 13.2 Å². The van der Waals surface area contributed by atoms with Gasteiger partial charge in [-0.1, -0.05) is 6.92 Å². The number of aliphatic carboxylic acids is 1.